The molecule has 3 heteroatoms. The maximum absolute atomic E-state index is 11.5. The number of piperidine rings is 1. The Bertz CT molecular complexity index is 377. The fourth-order valence-electron chi connectivity index (χ4n) is 2.65. The second-order valence-electron chi connectivity index (χ2n) is 4.74. The lowest BCUT2D eigenvalue weighted by atomic mass is 9.97. The molecule has 0 saturated carbocycles. The first-order valence-electron chi connectivity index (χ1n) is 6.30. The number of hydrogen-bond donors (Lipinski definition) is 1. The Balaban J connectivity index is 2.16. The summed E-state index contributed by atoms with van der Waals surface area (Å²) in [6.45, 7) is 3.11. The van der Waals surface area contributed by atoms with Crippen LogP contribution in [0.5, 0.6) is 0 Å². The molecular formula is C14H20N2O. The van der Waals surface area contributed by atoms with Gasteiger partial charge < -0.3 is 5.73 Å². The molecule has 1 aromatic rings. The monoisotopic (exact) mass is 232 g/mol. The topological polar surface area (TPSA) is 46.3 Å². The number of nitrogens with zero attached hydrogens (tertiary/aromatic N) is 1. The first-order valence-corrected chi connectivity index (χ1v) is 6.30. The van der Waals surface area contributed by atoms with Crippen molar-refractivity contribution in [3.05, 3.63) is 35.9 Å². The van der Waals surface area contributed by atoms with Crippen LogP contribution in [0.4, 0.5) is 0 Å². The molecule has 92 valence electrons. The van der Waals surface area contributed by atoms with Gasteiger partial charge in [-0.1, -0.05) is 36.8 Å². The summed E-state index contributed by atoms with van der Waals surface area (Å²) < 4.78 is 0. The van der Waals surface area contributed by atoms with E-state index in [1.165, 1.54) is 5.56 Å². The number of benzene rings is 1. The molecule has 1 saturated heterocycles. The lowest BCUT2D eigenvalue weighted by Crippen LogP contribution is -2.48. The van der Waals surface area contributed by atoms with E-state index in [9.17, 15) is 4.79 Å². The molecule has 1 aliphatic heterocycles. The summed E-state index contributed by atoms with van der Waals surface area (Å²) in [7, 11) is 0. The Morgan fingerprint density at radius 2 is 2.06 bits per heavy atom. The number of amides is 1. The third-order valence-electron chi connectivity index (χ3n) is 3.65. The molecule has 0 unspecified atom stereocenters. The van der Waals surface area contributed by atoms with Crippen LogP contribution in [0.3, 0.4) is 0 Å². The quantitative estimate of drug-likeness (QED) is 0.867. The molecular weight excluding hydrogens is 212 g/mol. The predicted octanol–water partition coefficient (Wildman–Crippen LogP) is 2.09. The van der Waals surface area contributed by atoms with Crippen molar-refractivity contribution < 1.29 is 4.79 Å². The van der Waals surface area contributed by atoms with Crippen LogP contribution in [0.15, 0.2) is 30.3 Å². The summed E-state index contributed by atoms with van der Waals surface area (Å²) in [6.07, 6.45) is 3.15. The number of likely N-dealkylation sites (tertiary alicyclic amines) is 1. The minimum absolute atomic E-state index is 0.0982. The minimum Gasteiger partial charge on any atom is -0.368 e. The molecule has 0 aromatic heterocycles. The van der Waals surface area contributed by atoms with Crippen molar-refractivity contribution in [1.82, 2.24) is 4.90 Å². The Morgan fingerprint density at radius 1 is 1.35 bits per heavy atom. The van der Waals surface area contributed by atoms with E-state index in [4.69, 9.17) is 5.73 Å². The number of hydrogen-bond acceptors (Lipinski definition) is 2. The van der Waals surface area contributed by atoms with Crippen LogP contribution in [0, 0.1) is 0 Å². The predicted molar refractivity (Wildman–Crippen MR) is 68.4 cm³/mol. The average Bonchev–Trinajstić information content (AvgIpc) is 2.39. The summed E-state index contributed by atoms with van der Waals surface area (Å²) in [6, 6.07) is 10.5. The highest BCUT2D eigenvalue weighted by Crippen LogP contribution is 2.27. The van der Waals surface area contributed by atoms with Gasteiger partial charge in [-0.3, -0.25) is 9.69 Å². The second kappa shape index (κ2) is 5.32. The van der Waals surface area contributed by atoms with Gasteiger partial charge in [0.1, 0.15) is 0 Å². The first-order chi connectivity index (χ1) is 8.20. The van der Waals surface area contributed by atoms with Crippen molar-refractivity contribution in [3.8, 4) is 0 Å². The number of nitrogens with two attached hydrogens (primary N) is 1. The van der Waals surface area contributed by atoms with Crippen molar-refractivity contribution in [2.24, 2.45) is 5.73 Å². The van der Waals surface area contributed by atoms with E-state index in [1.54, 1.807) is 0 Å². The van der Waals surface area contributed by atoms with E-state index in [2.05, 4.69) is 24.0 Å². The SMILES string of the molecule is C[C@H](c1ccccc1)N1CCCC[C@H]1C(N)=O. The molecule has 0 spiro atoms. The molecule has 1 amide bonds. The zero-order valence-corrected chi connectivity index (χ0v) is 10.3. The van der Waals surface area contributed by atoms with Crippen molar-refractivity contribution >= 4 is 5.91 Å². The summed E-state index contributed by atoms with van der Waals surface area (Å²) in [5.41, 5.74) is 6.74. The van der Waals surface area contributed by atoms with E-state index in [1.807, 2.05) is 18.2 Å². The summed E-state index contributed by atoms with van der Waals surface area (Å²) in [5, 5.41) is 0. The lowest BCUT2D eigenvalue weighted by molar-refractivity contribution is -0.125. The molecule has 0 radical (unpaired) electrons. The molecule has 2 rings (SSSR count). The van der Waals surface area contributed by atoms with Gasteiger partial charge in [-0.2, -0.15) is 0 Å². The number of carbonyl (C=O) groups is 1. The Morgan fingerprint density at radius 3 is 2.71 bits per heavy atom. The highest BCUT2D eigenvalue weighted by molar-refractivity contribution is 5.80. The molecule has 2 N–H and O–H groups in total. The van der Waals surface area contributed by atoms with Gasteiger partial charge in [0.15, 0.2) is 0 Å². The minimum atomic E-state index is -0.188. The van der Waals surface area contributed by atoms with Crippen molar-refractivity contribution in [1.29, 1.82) is 0 Å². The van der Waals surface area contributed by atoms with Gasteiger partial charge in [-0.05, 0) is 31.9 Å². The zero-order chi connectivity index (χ0) is 12.3. The van der Waals surface area contributed by atoms with Crippen LogP contribution >= 0.6 is 0 Å². The van der Waals surface area contributed by atoms with E-state index < -0.39 is 0 Å². The third-order valence-corrected chi connectivity index (χ3v) is 3.65. The summed E-state index contributed by atoms with van der Waals surface area (Å²) in [4.78, 5) is 13.7. The fourth-order valence-corrected chi connectivity index (χ4v) is 2.65. The van der Waals surface area contributed by atoms with Crippen LogP contribution in [-0.4, -0.2) is 23.4 Å². The van der Waals surface area contributed by atoms with Gasteiger partial charge in [-0.25, -0.2) is 0 Å². The van der Waals surface area contributed by atoms with Crippen LogP contribution in [0.2, 0.25) is 0 Å². The van der Waals surface area contributed by atoms with Crippen LogP contribution in [0.1, 0.15) is 37.8 Å². The average molecular weight is 232 g/mol. The highest BCUT2D eigenvalue weighted by atomic mass is 16.1. The Labute approximate surface area is 103 Å². The lowest BCUT2D eigenvalue weighted by Gasteiger charge is -2.38. The maximum Gasteiger partial charge on any atom is 0.234 e. The smallest absolute Gasteiger partial charge is 0.234 e. The fraction of sp³-hybridized carbons (Fsp3) is 0.500. The summed E-state index contributed by atoms with van der Waals surface area (Å²) in [5.74, 6) is -0.188. The number of carbonyl (C=O) groups excluding carboxylic acids is 1. The molecule has 2 atom stereocenters. The molecule has 3 nitrogen and oxygen atoms in total. The Hall–Kier alpha value is -1.35. The van der Waals surface area contributed by atoms with Gasteiger partial charge >= 0.3 is 0 Å². The van der Waals surface area contributed by atoms with Crippen molar-refractivity contribution in [3.63, 3.8) is 0 Å². The molecule has 1 aliphatic rings. The number of rotatable bonds is 3. The van der Waals surface area contributed by atoms with Gasteiger partial charge in [0.05, 0.1) is 6.04 Å². The molecule has 17 heavy (non-hydrogen) atoms. The second-order valence-corrected chi connectivity index (χ2v) is 4.74. The molecule has 0 aliphatic carbocycles. The molecule has 1 fully saturated rings. The molecule has 1 heterocycles. The number of primary amides is 1. The van der Waals surface area contributed by atoms with Gasteiger partial charge in [0.25, 0.3) is 0 Å². The van der Waals surface area contributed by atoms with Crippen molar-refractivity contribution in [2.75, 3.05) is 6.54 Å². The summed E-state index contributed by atoms with van der Waals surface area (Å²) >= 11 is 0. The standard InChI is InChI=1S/C14H20N2O/c1-11(12-7-3-2-4-8-12)16-10-6-5-9-13(16)14(15)17/h2-4,7-8,11,13H,5-6,9-10H2,1H3,(H2,15,17)/t11-,13+/m1/s1. The van der Waals surface area contributed by atoms with Gasteiger partial charge in [0, 0.05) is 6.04 Å². The van der Waals surface area contributed by atoms with E-state index >= 15 is 0 Å². The molecule has 1 aromatic carbocycles. The van der Waals surface area contributed by atoms with Crippen LogP contribution < -0.4 is 5.73 Å². The largest absolute Gasteiger partial charge is 0.368 e. The highest BCUT2D eigenvalue weighted by Gasteiger charge is 2.30. The normalized spacial score (nSPS) is 23.2. The zero-order valence-electron chi connectivity index (χ0n) is 10.3. The van der Waals surface area contributed by atoms with E-state index in [-0.39, 0.29) is 18.0 Å². The third kappa shape index (κ3) is 2.67. The molecule has 0 bridgehead atoms. The van der Waals surface area contributed by atoms with E-state index in [0.717, 1.165) is 25.8 Å². The van der Waals surface area contributed by atoms with Crippen molar-refractivity contribution in [2.45, 2.75) is 38.3 Å². The first kappa shape index (κ1) is 12.1. The van der Waals surface area contributed by atoms with Crippen LogP contribution in [-0.2, 0) is 4.79 Å². The maximum atomic E-state index is 11.5. The van der Waals surface area contributed by atoms with E-state index in [0.29, 0.717) is 0 Å². The van der Waals surface area contributed by atoms with Gasteiger partial charge in [-0.15, -0.1) is 0 Å². The van der Waals surface area contributed by atoms with Crippen LogP contribution in [0.25, 0.3) is 0 Å². The Kier molecular flexibility index (Phi) is 3.79. The van der Waals surface area contributed by atoms with Gasteiger partial charge in [0.2, 0.25) is 5.91 Å².